The second kappa shape index (κ2) is 5.92. The van der Waals surface area contributed by atoms with Gasteiger partial charge in [0, 0.05) is 11.3 Å². The molecule has 0 aliphatic rings. The molecule has 0 bridgehead atoms. The highest BCUT2D eigenvalue weighted by Gasteiger charge is 2.16. The minimum atomic E-state index is -0.668. The number of benzene rings is 1. The Labute approximate surface area is 124 Å². The molecule has 100 valence electrons. The van der Waals surface area contributed by atoms with Gasteiger partial charge in [-0.05, 0) is 19.1 Å². The summed E-state index contributed by atoms with van der Waals surface area (Å²) >= 11 is 12.9. The lowest BCUT2D eigenvalue weighted by Crippen LogP contribution is -2.13. The summed E-state index contributed by atoms with van der Waals surface area (Å²) in [6.07, 6.45) is -0.668. The Morgan fingerprint density at radius 2 is 2.05 bits per heavy atom. The number of aliphatic hydroxyl groups excluding tert-OH is 1. The molecule has 2 rings (SSSR count). The third kappa shape index (κ3) is 3.28. The van der Waals surface area contributed by atoms with Crippen LogP contribution in [-0.2, 0) is 0 Å². The Morgan fingerprint density at radius 3 is 2.63 bits per heavy atom. The number of thiophene rings is 1. The molecule has 2 aromatic rings. The fraction of sp³-hybridized carbons (Fsp3) is 0.154. The van der Waals surface area contributed by atoms with Crippen molar-refractivity contribution in [1.29, 1.82) is 0 Å². The summed E-state index contributed by atoms with van der Waals surface area (Å²) in [7, 11) is 0. The number of hydrogen-bond acceptors (Lipinski definition) is 3. The minimum Gasteiger partial charge on any atom is -0.389 e. The maximum Gasteiger partial charge on any atom is 0.258 e. The molecule has 1 aromatic heterocycles. The van der Waals surface area contributed by atoms with E-state index in [2.05, 4.69) is 5.32 Å². The first-order chi connectivity index (χ1) is 8.99. The van der Waals surface area contributed by atoms with Gasteiger partial charge in [0.15, 0.2) is 0 Å². The second-order valence-electron chi connectivity index (χ2n) is 3.96. The van der Waals surface area contributed by atoms with Crippen LogP contribution in [0.5, 0.6) is 0 Å². The van der Waals surface area contributed by atoms with Crippen molar-refractivity contribution in [3.63, 3.8) is 0 Å². The minimum absolute atomic E-state index is 0.331. The Kier molecular flexibility index (Phi) is 4.47. The topological polar surface area (TPSA) is 49.3 Å². The van der Waals surface area contributed by atoms with Crippen LogP contribution >= 0.6 is 34.5 Å². The first-order valence-electron chi connectivity index (χ1n) is 5.52. The Bertz CT molecular complexity index is 610. The van der Waals surface area contributed by atoms with Crippen molar-refractivity contribution in [2.45, 2.75) is 13.0 Å². The maximum absolute atomic E-state index is 12.1. The standard InChI is InChI=1S/C13H11Cl2NO2S/c1-7(17)8-4-2-3-5-10(8)16-13(18)9-6-11(14)19-12(9)15/h2-7,17H,1H3,(H,16,18). The van der Waals surface area contributed by atoms with Gasteiger partial charge < -0.3 is 10.4 Å². The predicted molar refractivity (Wildman–Crippen MR) is 79.4 cm³/mol. The smallest absolute Gasteiger partial charge is 0.258 e. The van der Waals surface area contributed by atoms with E-state index in [1.807, 2.05) is 0 Å². The van der Waals surface area contributed by atoms with Crippen molar-refractivity contribution >= 4 is 46.1 Å². The average molecular weight is 316 g/mol. The predicted octanol–water partition coefficient (Wildman–Crippen LogP) is 4.36. The van der Waals surface area contributed by atoms with Crippen LogP contribution in [0.3, 0.4) is 0 Å². The summed E-state index contributed by atoms with van der Waals surface area (Å²) in [5.74, 6) is -0.346. The van der Waals surface area contributed by atoms with E-state index in [-0.39, 0.29) is 5.91 Å². The molecule has 0 aliphatic carbocycles. The van der Waals surface area contributed by atoms with E-state index in [4.69, 9.17) is 23.2 Å². The number of rotatable bonds is 3. The fourth-order valence-electron chi connectivity index (χ4n) is 1.66. The summed E-state index contributed by atoms with van der Waals surface area (Å²) in [5.41, 5.74) is 1.53. The zero-order valence-corrected chi connectivity index (χ0v) is 12.3. The van der Waals surface area contributed by atoms with E-state index in [0.29, 0.717) is 25.5 Å². The lowest BCUT2D eigenvalue weighted by molar-refractivity contribution is 0.102. The number of halogens is 2. The molecule has 1 heterocycles. The summed E-state index contributed by atoms with van der Waals surface area (Å²) in [6, 6.07) is 8.58. The molecule has 0 radical (unpaired) electrons. The van der Waals surface area contributed by atoms with Gasteiger partial charge in [-0.2, -0.15) is 0 Å². The number of amides is 1. The van der Waals surface area contributed by atoms with Crippen LogP contribution in [0.2, 0.25) is 8.67 Å². The van der Waals surface area contributed by atoms with E-state index >= 15 is 0 Å². The first-order valence-corrected chi connectivity index (χ1v) is 7.09. The summed E-state index contributed by atoms with van der Waals surface area (Å²) in [4.78, 5) is 12.1. The molecule has 0 saturated heterocycles. The summed E-state index contributed by atoms with van der Waals surface area (Å²) < 4.78 is 0.802. The van der Waals surface area contributed by atoms with Crippen molar-refractivity contribution in [3.05, 3.63) is 50.1 Å². The van der Waals surface area contributed by atoms with Crippen LogP contribution in [0, 0.1) is 0 Å². The number of para-hydroxylation sites is 1. The summed E-state index contributed by atoms with van der Waals surface area (Å²) in [6.45, 7) is 1.64. The molecule has 1 unspecified atom stereocenters. The van der Waals surface area contributed by atoms with Crippen LogP contribution in [0.25, 0.3) is 0 Å². The molecule has 0 spiro atoms. The second-order valence-corrected chi connectivity index (χ2v) is 6.24. The largest absolute Gasteiger partial charge is 0.389 e. The third-order valence-electron chi connectivity index (χ3n) is 2.56. The summed E-state index contributed by atoms with van der Waals surface area (Å²) in [5, 5.41) is 12.4. The average Bonchev–Trinajstić information content (AvgIpc) is 2.69. The van der Waals surface area contributed by atoms with Gasteiger partial charge in [0.1, 0.15) is 4.34 Å². The number of nitrogens with one attached hydrogen (secondary N) is 1. The highest BCUT2D eigenvalue weighted by molar-refractivity contribution is 7.20. The lowest BCUT2D eigenvalue weighted by atomic mass is 10.1. The number of hydrogen-bond donors (Lipinski definition) is 2. The van der Waals surface area contributed by atoms with Crippen LogP contribution in [0.1, 0.15) is 28.9 Å². The molecule has 0 fully saturated rings. The van der Waals surface area contributed by atoms with Crippen LogP contribution in [-0.4, -0.2) is 11.0 Å². The van der Waals surface area contributed by atoms with Crippen LogP contribution in [0.15, 0.2) is 30.3 Å². The highest BCUT2D eigenvalue weighted by atomic mass is 35.5. The fourth-order valence-corrected chi connectivity index (χ4v) is 3.12. The van der Waals surface area contributed by atoms with Crippen molar-refractivity contribution in [2.75, 3.05) is 5.32 Å². The maximum atomic E-state index is 12.1. The molecule has 1 atom stereocenters. The van der Waals surface area contributed by atoms with Crippen molar-refractivity contribution in [2.24, 2.45) is 0 Å². The Balaban J connectivity index is 2.27. The third-order valence-corrected chi connectivity index (χ3v) is 4.05. The molecule has 0 saturated carbocycles. The van der Waals surface area contributed by atoms with E-state index in [9.17, 15) is 9.90 Å². The van der Waals surface area contributed by atoms with Crippen molar-refractivity contribution in [1.82, 2.24) is 0 Å². The van der Waals surface area contributed by atoms with Gasteiger partial charge in [-0.15, -0.1) is 11.3 Å². The van der Waals surface area contributed by atoms with E-state index in [1.165, 1.54) is 6.07 Å². The Morgan fingerprint density at radius 1 is 1.37 bits per heavy atom. The zero-order valence-electron chi connectivity index (χ0n) is 9.98. The quantitative estimate of drug-likeness (QED) is 0.884. The monoisotopic (exact) mass is 315 g/mol. The molecule has 6 heteroatoms. The Hall–Kier alpha value is -1.07. The SMILES string of the molecule is CC(O)c1ccccc1NC(=O)c1cc(Cl)sc1Cl. The van der Waals surface area contributed by atoms with Gasteiger partial charge in [0.25, 0.3) is 5.91 Å². The van der Waals surface area contributed by atoms with Crippen molar-refractivity contribution in [3.8, 4) is 0 Å². The van der Waals surface area contributed by atoms with Crippen LogP contribution in [0.4, 0.5) is 5.69 Å². The molecular weight excluding hydrogens is 305 g/mol. The number of carbonyl (C=O) groups excluding carboxylic acids is 1. The van der Waals surface area contributed by atoms with Crippen LogP contribution < -0.4 is 5.32 Å². The highest BCUT2D eigenvalue weighted by Crippen LogP contribution is 2.32. The molecule has 1 amide bonds. The van der Waals surface area contributed by atoms with E-state index in [0.717, 1.165) is 11.3 Å². The molecule has 19 heavy (non-hydrogen) atoms. The van der Waals surface area contributed by atoms with Gasteiger partial charge in [0.05, 0.1) is 16.0 Å². The molecule has 1 aromatic carbocycles. The van der Waals surface area contributed by atoms with E-state index < -0.39 is 6.10 Å². The lowest BCUT2D eigenvalue weighted by Gasteiger charge is -2.12. The van der Waals surface area contributed by atoms with Gasteiger partial charge in [-0.1, -0.05) is 41.4 Å². The first kappa shape index (κ1) is 14.3. The van der Waals surface area contributed by atoms with Crippen molar-refractivity contribution < 1.29 is 9.90 Å². The number of aliphatic hydroxyl groups is 1. The van der Waals surface area contributed by atoms with Gasteiger partial charge in [0.2, 0.25) is 0 Å². The number of anilines is 1. The molecule has 3 nitrogen and oxygen atoms in total. The van der Waals surface area contributed by atoms with Gasteiger partial charge in [-0.3, -0.25) is 4.79 Å². The zero-order chi connectivity index (χ0) is 14.0. The molecule has 0 aliphatic heterocycles. The number of carbonyl (C=O) groups is 1. The normalized spacial score (nSPS) is 12.2. The van der Waals surface area contributed by atoms with E-state index in [1.54, 1.807) is 31.2 Å². The van der Waals surface area contributed by atoms with Gasteiger partial charge >= 0.3 is 0 Å². The molecular formula is C13H11Cl2NO2S. The molecule has 2 N–H and O–H groups in total. The van der Waals surface area contributed by atoms with Gasteiger partial charge in [-0.25, -0.2) is 0 Å².